The van der Waals surface area contributed by atoms with Crippen LogP contribution in [0.15, 0.2) is 42.9 Å². The molecule has 4 heterocycles. The largest absolute Gasteiger partial charge is 0.376 e. The van der Waals surface area contributed by atoms with Crippen LogP contribution in [0.3, 0.4) is 0 Å². The van der Waals surface area contributed by atoms with E-state index in [1.54, 1.807) is 6.20 Å². The maximum Gasteiger partial charge on any atom is 0.248 e. The Bertz CT molecular complexity index is 1320. The molecule has 1 aromatic carbocycles. The fourth-order valence-corrected chi connectivity index (χ4v) is 4.54. The van der Waals surface area contributed by atoms with Crippen LogP contribution in [0.4, 0.5) is 5.82 Å². The number of imidazole rings is 1. The van der Waals surface area contributed by atoms with Gasteiger partial charge in [-0.05, 0) is 55.4 Å². The molecule has 168 valence electrons. The fraction of sp³-hybridized carbons (Fsp3) is 0.333. The number of benzene rings is 1. The van der Waals surface area contributed by atoms with Gasteiger partial charge >= 0.3 is 0 Å². The van der Waals surface area contributed by atoms with Gasteiger partial charge in [-0.25, -0.2) is 9.97 Å². The molecule has 1 atom stereocenters. The summed E-state index contributed by atoms with van der Waals surface area (Å²) in [5.74, 6) is 0.713. The van der Waals surface area contributed by atoms with Crippen LogP contribution >= 0.6 is 0 Å². The van der Waals surface area contributed by atoms with Crippen molar-refractivity contribution in [3.8, 4) is 22.6 Å². The first-order valence-corrected chi connectivity index (χ1v) is 11.3. The van der Waals surface area contributed by atoms with Crippen LogP contribution < -0.4 is 11.1 Å². The van der Waals surface area contributed by atoms with E-state index < -0.39 is 0 Å². The van der Waals surface area contributed by atoms with E-state index in [2.05, 4.69) is 21.6 Å². The summed E-state index contributed by atoms with van der Waals surface area (Å²) in [5, 5.41) is 10.5. The van der Waals surface area contributed by atoms with Gasteiger partial charge in [0, 0.05) is 36.7 Å². The number of ether oxygens (including phenoxy) is 1. The minimum Gasteiger partial charge on any atom is -0.376 e. The van der Waals surface area contributed by atoms with E-state index in [0.29, 0.717) is 23.8 Å². The zero-order valence-electron chi connectivity index (χ0n) is 18.1. The van der Waals surface area contributed by atoms with Crippen molar-refractivity contribution in [2.24, 2.45) is 5.73 Å². The van der Waals surface area contributed by atoms with E-state index in [-0.39, 0.29) is 12.0 Å². The van der Waals surface area contributed by atoms with E-state index in [9.17, 15) is 4.79 Å². The molecule has 1 aliphatic heterocycles. The number of nitrogens with two attached hydrogens (primary N) is 1. The summed E-state index contributed by atoms with van der Waals surface area (Å²) in [6.45, 7) is 1.48. The van der Waals surface area contributed by atoms with Crippen LogP contribution in [0.1, 0.15) is 47.5 Å². The molecule has 0 bridgehead atoms. The lowest BCUT2D eigenvalue weighted by atomic mass is 9.98. The number of H-pyrrole nitrogens is 1. The van der Waals surface area contributed by atoms with E-state index in [4.69, 9.17) is 20.4 Å². The Hall–Kier alpha value is -3.72. The molecule has 1 saturated carbocycles. The topological polar surface area (TPSA) is 123 Å². The van der Waals surface area contributed by atoms with Gasteiger partial charge in [0.15, 0.2) is 11.5 Å². The van der Waals surface area contributed by atoms with Gasteiger partial charge in [-0.1, -0.05) is 6.07 Å². The van der Waals surface area contributed by atoms with Gasteiger partial charge in [-0.3, -0.25) is 14.3 Å². The molecular formula is C24H25N7O2. The Kier molecular flexibility index (Phi) is 4.83. The van der Waals surface area contributed by atoms with Gasteiger partial charge in [-0.15, -0.1) is 0 Å². The Morgan fingerprint density at radius 3 is 2.91 bits per heavy atom. The molecule has 9 nitrogen and oxygen atoms in total. The summed E-state index contributed by atoms with van der Waals surface area (Å²) >= 11 is 0. The Balaban J connectivity index is 1.45. The maximum atomic E-state index is 11.9. The number of anilines is 1. The number of carbonyl (C=O) groups excluding carboxylic acids is 1. The van der Waals surface area contributed by atoms with Crippen LogP contribution in [0.2, 0.25) is 0 Å². The molecule has 3 aromatic heterocycles. The normalized spacial score (nSPS) is 18.1. The van der Waals surface area contributed by atoms with Crippen molar-refractivity contribution in [1.82, 2.24) is 24.6 Å². The van der Waals surface area contributed by atoms with Crippen molar-refractivity contribution in [1.29, 1.82) is 0 Å². The quantitative estimate of drug-likeness (QED) is 0.402. The Morgan fingerprint density at radius 2 is 2.18 bits per heavy atom. The van der Waals surface area contributed by atoms with Crippen LogP contribution in [-0.2, 0) is 4.74 Å². The molecule has 1 amide bonds. The second kappa shape index (κ2) is 8.00. The first-order valence-electron chi connectivity index (χ1n) is 11.3. The second-order valence-electron chi connectivity index (χ2n) is 8.74. The van der Waals surface area contributed by atoms with Crippen molar-refractivity contribution in [2.75, 3.05) is 18.5 Å². The van der Waals surface area contributed by atoms with E-state index in [0.717, 1.165) is 66.1 Å². The summed E-state index contributed by atoms with van der Waals surface area (Å²) in [5.41, 5.74) is 11.5. The number of hydrogen-bond acceptors (Lipinski definition) is 6. The first-order chi connectivity index (χ1) is 16.2. The van der Waals surface area contributed by atoms with Crippen LogP contribution in [0.5, 0.6) is 0 Å². The number of carbonyl (C=O) groups is 1. The minimum absolute atomic E-state index is 0.180. The highest BCUT2D eigenvalue weighted by Gasteiger charge is 2.28. The van der Waals surface area contributed by atoms with Gasteiger partial charge in [-0.2, -0.15) is 5.10 Å². The van der Waals surface area contributed by atoms with Crippen molar-refractivity contribution < 1.29 is 9.53 Å². The van der Waals surface area contributed by atoms with Gasteiger partial charge in [0.1, 0.15) is 5.69 Å². The highest BCUT2D eigenvalue weighted by Crippen LogP contribution is 2.43. The Labute approximate surface area is 190 Å². The molecular weight excluding hydrogens is 418 g/mol. The third-order valence-corrected chi connectivity index (χ3v) is 6.42. The predicted molar refractivity (Wildman–Crippen MR) is 124 cm³/mol. The molecule has 4 aromatic rings. The molecule has 1 aliphatic carbocycles. The van der Waals surface area contributed by atoms with Crippen molar-refractivity contribution >= 4 is 17.4 Å². The van der Waals surface area contributed by atoms with Gasteiger partial charge in [0.25, 0.3) is 0 Å². The summed E-state index contributed by atoms with van der Waals surface area (Å²) < 4.78 is 7.80. The molecule has 0 spiro atoms. The van der Waals surface area contributed by atoms with Crippen LogP contribution in [0.25, 0.3) is 28.3 Å². The predicted octanol–water partition coefficient (Wildman–Crippen LogP) is 3.35. The number of rotatable bonds is 7. The lowest BCUT2D eigenvalue weighted by molar-refractivity contribution is 0.0999. The second-order valence-corrected chi connectivity index (χ2v) is 8.74. The number of fused-ring (bicyclic) bond motifs is 1. The number of aromatic nitrogens is 5. The molecule has 33 heavy (non-hydrogen) atoms. The minimum atomic E-state index is -0.382. The van der Waals surface area contributed by atoms with E-state index in [1.165, 1.54) is 0 Å². The van der Waals surface area contributed by atoms with E-state index in [1.807, 2.05) is 35.0 Å². The molecule has 1 unspecified atom stereocenters. The average Bonchev–Trinajstić information content (AvgIpc) is 3.23. The van der Waals surface area contributed by atoms with Crippen LogP contribution in [0, 0.1) is 0 Å². The summed E-state index contributed by atoms with van der Waals surface area (Å²) in [6, 6.07) is 7.74. The van der Waals surface area contributed by atoms with Crippen LogP contribution in [-0.4, -0.2) is 49.7 Å². The van der Waals surface area contributed by atoms with E-state index >= 15 is 0 Å². The maximum absolute atomic E-state index is 11.9. The van der Waals surface area contributed by atoms with Gasteiger partial charge in [0.2, 0.25) is 5.91 Å². The summed E-state index contributed by atoms with van der Waals surface area (Å²) in [7, 11) is 0. The average molecular weight is 444 g/mol. The summed E-state index contributed by atoms with van der Waals surface area (Å²) in [6.07, 6.45) is 9.99. The number of nitrogens with one attached hydrogen (secondary N) is 2. The first kappa shape index (κ1) is 19.9. The van der Waals surface area contributed by atoms with Crippen molar-refractivity contribution in [3.63, 3.8) is 0 Å². The highest BCUT2D eigenvalue weighted by molar-refractivity contribution is 5.95. The lowest BCUT2D eigenvalue weighted by Crippen LogP contribution is -2.19. The fourth-order valence-electron chi connectivity index (χ4n) is 4.54. The molecule has 2 aliphatic rings. The van der Waals surface area contributed by atoms with Crippen molar-refractivity contribution in [3.05, 3.63) is 54.0 Å². The number of amides is 1. The molecule has 2 fully saturated rings. The number of nitrogens with zero attached hydrogens (tertiary/aromatic N) is 4. The number of hydrogen-bond donors (Lipinski definition) is 3. The SMILES string of the molecule is NC(=O)c1ccc(-c2cnc3c(NCC4CCCO4)nc(-c4ccn[nH]4)cn23)cc1C1CC1. The zero-order valence-corrected chi connectivity index (χ0v) is 18.1. The third-order valence-electron chi connectivity index (χ3n) is 6.42. The molecule has 9 heteroatoms. The molecule has 6 rings (SSSR count). The molecule has 4 N–H and O–H groups in total. The summed E-state index contributed by atoms with van der Waals surface area (Å²) in [4.78, 5) is 21.4. The number of aromatic amines is 1. The van der Waals surface area contributed by atoms with Gasteiger partial charge < -0.3 is 15.8 Å². The smallest absolute Gasteiger partial charge is 0.248 e. The lowest BCUT2D eigenvalue weighted by Gasteiger charge is -2.14. The van der Waals surface area contributed by atoms with Crippen molar-refractivity contribution in [2.45, 2.75) is 37.7 Å². The highest BCUT2D eigenvalue weighted by atomic mass is 16.5. The standard InChI is InChI=1S/C24H25N7O2/c25-22(32)17-6-5-15(10-18(17)14-3-4-14)21-12-27-24-23(26-11-16-2-1-9-33-16)29-20(13-31(21)24)19-7-8-28-30-19/h5-8,10,12-14,16H,1-4,9,11H2,(H2,25,32)(H,26,29)(H,28,30). The Morgan fingerprint density at radius 1 is 1.27 bits per heavy atom. The van der Waals surface area contributed by atoms with Gasteiger partial charge in [0.05, 0.1) is 23.7 Å². The monoisotopic (exact) mass is 443 g/mol. The zero-order chi connectivity index (χ0) is 22.4. The number of primary amides is 1. The molecule has 1 saturated heterocycles. The molecule has 0 radical (unpaired) electrons. The third kappa shape index (κ3) is 3.74.